The van der Waals surface area contributed by atoms with Crippen molar-refractivity contribution in [3.8, 4) is 0 Å². The quantitative estimate of drug-likeness (QED) is 0.150. The molecule has 4 rings (SSSR count). The van der Waals surface area contributed by atoms with Crippen molar-refractivity contribution in [3.63, 3.8) is 0 Å². The van der Waals surface area contributed by atoms with E-state index < -0.39 is 56.9 Å². The standard InChI is InChI=1S/C35H34BrClF3N3O4S/c1-3-24(2)41-34(45)32(20-25-11-6-4-7-12-25)42(22-26-13-10-14-27(36)19-26)33(44)23-43(48(46,47)29-15-8-5-9-16-29)28-17-18-31(37)30(21-28)35(38,39)40/h4-19,21,24,32H,3,20,22-23H2,1-2H3,(H,41,45)/t24-,32-/m0/s1. The van der Waals surface area contributed by atoms with Gasteiger partial charge in [0, 0.05) is 23.5 Å². The lowest BCUT2D eigenvalue weighted by Gasteiger charge is -2.34. The molecule has 0 saturated heterocycles. The molecule has 0 fully saturated rings. The second kappa shape index (κ2) is 16.0. The van der Waals surface area contributed by atoms with E-state index in [4.69, 9.17) is 11.6 Å². The molecular formula is C35H34BrClF3N3O4S. The molecule has 0 bridgehead atoms. The van der Waals surface area contributed by atoms with E-state index >= 15 is 0 Å². The number of carbonyl (C=O) groups is 2. The van der Waals surface area contributed by atoms with Gasteiger partial charge in [-0.25, -0.2) is 8.42 Å². The van der Waals surface area contributed by atoms with Gasteiger partial charge in [-0.2, -0.15) is 13.2 Å². The van der Waals surface area contributed by atoms with E-state index in [9.17, 15) is 31.2 Å². The molecule has 0 unspecified atom stereocenters. The van der Waals surface area contributed by atoms with Gasteiger partial charge in [0.2, 0.25) is 11.8 Å². The van der Waals surface area contributed by atoms with Gasteiger partial charge >= 0.3 is 6.18 Å². The third-order valence-electron chi connectivity index (χ3n) is 7.67. The first-order valence-electron chi connectivity index (χ1n) is 15.0. The van der Waals surface area contributed by atoms with E-state index in [0.717, 1.165) is 17.7 Å². The van der Waals surface area contributed by atoms with Crippen LogP contribution in [-0.2, 0) is 38.8 Å². The Morgan fingerprint density at radius 2 is 1.52 bits per heavy atom. The third-order valence-corrected chi connectivity index (χ3v) is 10.3. The van der Waals surface area contributed by atoms with Crippen LogP contribution in [0.1, 0.15) is 37.0 Å². The number of nitrogens with zero attached hydrogens (tertiary/aromatic N) is 2. The number of carbonyl (C=O) groups excluding carboxylic acids is 2. The van der Waals surface area contributed by atoms with Crippen molar-refractivity contribution < 1.29 is 31.2 Å². The molecule has 0 radical (unpaired) electrons. The van der Waals surface area contributed by atoms with Crippen LogP contribution in [0.15, 0.2) is 112 Å². The van der Waals surface area contributed by atoms with Gasteiger partial charge in [0.05, 0.1) is 21.2 Å². The zero-order chi connectivity index (χ0) is 35.1. The number of sulfonamides is 1. The van der Waals surface area contributed by atoms with E-state index in [0.29, 0.717) is 26.8 Å². The first-order valence-corrected chi connectivity index (χ1v) is 17.6. The van der Waals surface area contributed by atoms with Gasteiger partial charge in [0.25, 0.3) is 10.0 Å². The van der Waals surface area contributed by atoms with Crippen LogP contribution in [0.2, 0.25) is 5.02 Å². The fourth-order valence-electron chi connectivity index (χ4n) is 4.96. The summed E-state index contributed by atoms with van der Waals surface area (Å²) < 4.78 is 71.3. The van der Waals surface area contributed by atoms with Gasteiger partial charge < -0.3 is 10.2 Å². The van der Waals surface area contributed by atoms with Gasteiger partial charge in [0.1, 0.15) is 12.6 Å². The molecule has 0 aliphatic rings. The number of hydrogen-bond acceptors (Lipinski definition) is 4. The first-order chi connectivity index (χ1) is 22.7. The van der Waals surface area contributed by atoms with E-state index in [1.807, 2.05) is 32.0 Å². The maximum atomic E-state index is 14.5. The van der Waals surface area contributed by atoms with Crippen LogP contribution >= 0.6 is 27.5 Å². The molecule has 2 atom stereocenters. The number of halogens is 5. The molecule has 0 aromatic heterocycles. The summed E-state index contributed by atoms with van der Waals surface area (Å²) >= 11 is 9.30. The molecule has 4 aromatic carbocycles. The SMILES string of the molecule is CC[C@H](C)NC(=O)[C@H](Cc1ccccc1)N(Cc1cccc(Br)c1)C(=O)CN(c1ccc(Cl)c(C(F)(F)F)c1)S(=O)(=O)c1ccccc1. The average Bonchev–Trinajstić information content (AvgIpc) is 3.05. The molecule has 2 amide bonds. The van der Waals surface area contributed by atoms with E-state index in [1.54, 1.807) is 42.5 Å². The molecule has 0 aliphatic heterocycles. The maximum absolute atomic E-state index is 14.5. The summed E-state index contributed by atoms with van der Waals surface area (Å²) in [6.45, 7) is 2.71. The van der Waals surface area contributed by atoms with Gasteiger partial charge in [-0.05, 0) is 66.9 Å². The molecule has 0 saturated carbocycles. The van der Waals surface area contributed by atoms with E-state index in [2.05, 4.69) is 21.2 Å². The Morgan fingerprint density at radius 3 is 2.12 bits per heavy atom. The van der Waals surface area contributed by atoms with Crippen LogP contribution in [0.5, 0.6) is 0 Å². The predicted octanol–water partition coefficient (Wildman–Crippen LogP) is 7.87. The van der Waals surface area contributed by atoms with Gasteiger partial charge in [-0.1, -0.05) is 95.1 Å². The van der Waals surface area contributed by atoms with Gasteiger partial charge in [-0.15, -0.1) is 0 Å². The summed E-state index contributed by atoms with van der Waals surface area (Å²) in [5, 5.41) is 2.31. The Balaban J connectivity index is 1.86. The van der Waals surface area contributed by atoms with Crippen LogP contribution in [0, 0.1) is 0 Å². The third kappa shape index (κ3) is 9.39. The zero-order valence-corrected chi connectivity index (χ0v) is 29.3. The minimum absolute atomic E-state index is 0.0907. The van der Waals surface area contributed by atoms with Crippen molar-refractivity contribution in [3.05, 3.63) is 129 Å². The van der Waals surface area contributed by atoms with Crippen molar-refractivity contribution >= 4 is 55.1 Å². The zero-order valence-electron chi connectivity index (χ0n) is 26.1. The van der Waals surface area contributed by atoms with Gasteiger partial charge in [-0.3, -0.25) is 13.9 Å². The topological polar surface area (TPSA) is 86.8 Å². The largest absolute Gasteiger partial charge is 0.417 e. The summed E-state index contributed by atoms with van der Waals surface area (Å²) in [6, 6.07) is 24.5. The highest BCUT2D eigenvalue weighted by atomic mass is 79.9. The van der Waals surface area contributed by atoms with Crippen molar-refractivity contribution in [2.45, 2.75) is 56.4 Å². The molecule has 7 nitrogen and oxygen atoms in total. The molecule has 0 aliphatic carbocycles. The smallest absolute Gasteiger partial charge is 0.352 e. The van der Waals surface area contributed by atoms with Crippen molar-refractivity contribution in [2.24, 2.45) is 0 Å². The number of benzene rings is 4. The Hall–Kier alpha value is -3.87. The highest BCUT2D eigenvalue weighted by molar-refractivity contribution is 9.10. The van der Waals surface area contributed by atoms with Crippen LogP contribution in [0.25, 0.3) is 0 Å². The number of nitrogens with one attached hydrogen (secondary N) is 1. The molecule has 4 aromatic rings. The lowest BCUT2D eigenvalue weighted by atomic mass is 10.0. The van der Waals surface area contributed by atoms with Crippen molar-refractivity contribution in [1.82, 2.24) is 10.2 Å². The molecule has 48 heavy (non-hydrogen) atoms. The average molecular weight is 765 g/mol. The molecule has 1 N–H and O–H groups in total. The lowest BCUT2D eigenvalue weighted by Crippen LogP contribution is -2.54. The number of anilines is 1. The summed E-state index contributed by atoms with van der Waals surface area (Å²) in [7, 11) is -4.60. The number of amides is 2. The van der Waals surface area contributed by atoms with Crippen LogP contribution in [-0.4, -0.2) is 43.8 Å². The molecule has 0 spiro atoms. The Morgan fingerprint density at radius 1 is 0.896 bits per heavy atom. The Bertz CT molecular complexity index is 1830. The molecule has 254 valence electrons. The van der Waals surface area contributed by atoms with Crippen molar-refractivity contribution in [1.29, 1.82) is 0 Å². The van der Waals surface area contributed by atoms with E-state index in [1.165, 1.54) is 29.2 Å². The summed E-state index contributed by atoms with van der Waals surface area (Å²) in [4.78, 5) is 29.5. The number of rotatable bonds is 13. The highest BCUT2D eigenvalue weighted by Gasteiger charge is 2.37. The second-order valence-electron chi connectivity index (χ2n) is 11.2. The monoisotopic (exact) mass is 763 g/mol. The minimum atomic E-state index is -4.90. The van der Waals surface area contributed by atoms with Crippen LogP contribution in [0.3, 0.4) is 0 Å². The summed E-state index contributed by atoms with van der Waals surface area (Å²) in [6.07, 6.45) is -4.20. The predicted molar refractivity (Wildman–Crippen MR) is 184 cm³/mol. The fraction of sp³-hybridized carbons (Fsp3) is 0.257. The Labute approximate surface area is 291 Å². The second-order valence-corrected chi connectivity index (χ2v) is 14.3. The minimum Gasteiger partial charge on any atom is -0.352 e. The number of hydrogen-bond donors (Lipinski definition) is 1. The molecular weight excluding hydrogens is 731 g/mol. The summed E-state index contributed by atoms with van der Waals surface area (Å²) in [5.41, 5.74) is -0.302. The van der Waals surface area contributed by atoms with Crippen LogP contribution in [0.4, 0.5) is 18.9 Å². The highest BCUT2D eigenvalue weighted by Crippen LogP contribution is 2.38. The molecule has 13 heteroatoms. The molecule has 0 heterocycles. The van der Waals surface area contributed by atoms with Crippen molar-refractivity contribution in [2.75, 3.05) is 10.8 Å². The maximum Gasteiger partial charge on any atom is 0.417 e. The fourth-order valence-corrected chi connectivity index (χ4v) is 7.06. The normalized spacial score (nSPS) is 13.0. The number of alkyl halides is 3. The van der Waals surface area contributed by atoms with Crippen LogP contribution < -0.4 is 9.62 Å². The first kappa shape index (κ1) is 37.0. The van der Waals surface area contributed by atoms with E-state index in [-0.39, 0.29) is 23.9 Å². The summed E-state index contributed by atoms with van der Waals surface area (Å²) in [5.74, 6) is -1.27. The lowest BCUT2D eigenvalue weighted by molar-refractivity contribution is -0.140. The Kier molecular flexibility index (Phi) is 12.3. The van der Waals surface area contributed by atoms with Gasteiger partial charge in [0.15, 0.2) is 0 Å².